The van der Waals surface area contributed by atoms with Gasteiger partial charge in [-0.1, -0.05) is 19.1 Å². The first-order valence-electron chi connectivity index (χ1n) is 8.49. The highest BCUT2D eigenvalue weighted by molar-refractivity contribution is 7.90. The maximum atomic E-state index is 12.6. The Kier molecular flexibility index (Phi) is 7.32. The molecule has 0 heterocycles. The highest BCUT2D eigenvalue weighted by atomic mass is 32.2. The molecule has 0 spiro atoms. The van der Waals surface area contributed by atoms with E-state index in [1.807, 2.05) is 6.92 Å². The second-order valence-electron chi connectivity index (χ2n) is 5.72. The predicted molar refractivity (Wildman–Crippen MR) is 110 cm³/mol. The second kappa shape index (κ2) is 9.48. The minimum Gasteiger partial charge on any atom is -0.494 e. The fourth-order valence-corrected chi connectivity index (χ4v) is 3.85. The molecule has 2 aromatic carbocycles. The quantitative estimate of drug-likeness (QED) is 0.687. The minimum atomic E-state index is -3.48. The summed E-state index contributed by atoms with van der Waals surface area (Å²) in [5, 5.41) is 5.54. The zero-order valence-corrected chi connectivity index (χ0v) is 16.8. The molecule has 0 fully saturated rings. The molecule has 0 atom stereocenters. The molecule has 0 bridgehead atoms. The third-order valence-electron chi connectivity index (χ3n) is 3.64. The van der Waals surface area contributed by atoms with Crippen molar-refractivity contribution in [3.05, 3.63) is 54.1 Å². The molecule has 2 N–H and O–H groups in total. The summed E-state index contributed by atoms with van der Waals surface area (Å²) >= 11 is 5.03. The molecule has 2 aromatic rings. The Balaban J connectivity index is 2.04. The molecule has 6 nitrogen and oxygen atoms in total. The minimum absolute atomic E-state index is 0.100. The number of sulfone groups is 1. The number of rotatable bonds is 7. The molecule has 1 amide bonds. The third kappa shape index (κ3) is 6.33. The summed E-state index contributed by atoms with van der Waals surface area (Å²) in [4.78, 5) is 11.5. The standard InChI is InChI=1S/C19H22N2O4S2/c1-3-18(22)21-19(26)20-15-7-11-17(12-8-15)27(23,24)13-14-5-9-16(10-6-14)25-4-2/h5-12H,3-4,13H2,1-2H3,(H2,20,21,22,26). The summed E-state index contributed by atoms with van der Waals surface area (Å²) < 4.78 is 30.5. The topological polar surface area (TPSA) is 84.5 Å². The van der Waals surface area contributed by atoms with Crippen LogP contribution in [-0.2, 0) is 20.4 Å². The van der Waals surface area contributed by atoms with Gasteiger partial charge in [-0.15, -0.1) is 0 Å². The van der Waals surface area contributed by atoms with E-state index < -0.39 is 9.84 Å². The maximum absolute atomic E-state index is 12.6. The Morgan fingerprint density at radius 2 is 1.67 bits per heavy atom. The van der Waals surface area contributed by atoms with Crippen molar-refractivity contribution in [2.24, 2.45) is 0 Å². The van der Waals surface area contributed by atoms with Crippen LogP contribution < -0.4 is 15.4 Å². The van der Waals surface area contributed by atoms with Crippen molar-refractivity contribution >= 4 is 38.8 Å². The fourth-order valence-electron chi connectivity index (χ4n) is 2.27. The van der Waals surface area contributed by atoms with Gasteiger partial charge in [0.05, 0.1) is 17.3 Å². The smallest absolute Gasteiger partial charge is 0.225 e. The van der Waals surface area contributed by atoms with Crippen molar-refractivity contribution in [2.45, 2.75) is 30.9 Å². The molecule has 0 saturated heterocycles. The molecule has 0 aromatic heterocycles. The summed E-state index contributed by atoms with van der Waals surface area (Å²) in [5.41, 5.74) is 1.28. The average molecular weight is 407 g/mol. The molecular weight excluding hydrogens is 384 g/mol. The number of hydrogen-bond acceptors (Lipinski definition) is 5. The number of amides is 1. The van der Waals surface area contributed by atoms with Crippen molar-refractivity contribution in [2.75, 3.05) is 11.9 Å². The van der Waals surface area contributed by atoms with Gasteiger partial charge in [0.25, 0.3) is 0 Å². The molecule has 0 radical (unpaired) electrons. The molecule has 0 aliphatic carbocycles. The van der Waals surface area contributed by atoms with Crippen LogP contribution in [0, 0.1) is 0 Å². The van der Waals surface area contributed by atoms with Crippen LogP contribution in [0.25, 0.3) is 0 Å². The number of thiocarbonyl (C=S) groups is 1. The predicted octanol–water partition coefficient (Wildman–Crippen LogP) is 3.28. The van der Waals surface area contributed by atoms with Crippen LogP contribution in [0.5, 0.6) is 5.75 Å². The normalized spacial score (nSPS) is 10.9. The fraction of sp³-hybridized carbons (Fsp3) is 0.263. The Bertz CT molecular complexity index is 892. The van der Waals surface area contributed by atoms with Crippen LogP contribution >= 0.6 is 12.2 Å². The molecular formula is C19H22N2O4S2. The summed E-state index contributed by atoms with van der Waals surface area (Å²) in [5.74, 6) is 0.416. The van der Waals surface area contributed by atoms with Gasteiger partial charge in [0.1, 0.15) is 5.75 Å². The van der Waals surface area contributed by atoms with Crippen molar-refractivity contribution in [1.82, 2.24) is 5.32 Å². The Morgan fingerprint density at radius 1 is 1.04 bits per heavy atom. The highest BCUT2D eigenvalue weighted by Gasteiger charge is 2.15. The highest BCUT2D eigenvalue weighted by Crippen LogP contribution is 2.20. The molecule has 2 rings (SSSR count). The number of nitrogens with one attached hydrogen (secondary N) is 2. The second-order valence-corrected chi connectivity index (χ2v) is 8.11. The van der Waals surface area contributed by atoms with Gasteiger partial charge in [-0.3, -0.25) is 4.79 Å². The van der Waals surface area contributed by atoms with Gasteiger partial charge in [-0.05, 0) is 61.1 Å². The van der Waals surface area contributed by atoms with Crippen LogP contribution in [0.15, 0.2) is 53.4 Å². The molecule has 0 unspecified atom stereocenters. The van der Waals surface area contributed by atoms with Gasteiger partial charge in [-0.25, -0.2) is 8.42 Å². The van der Waals surface area contributed by atoms with E-state index in [0.29, 0.717) is 30.0 Å². The first-order chi connectivity index (χ1) is 12.8. The van der Waals surface area contributed by atoms with E-state index in [1.165, 1.54) is 12.1 Å². The van der Waals surface area contributed by atoms with Crippen molar-refractivity contribution in [3.63, 3.8) is 0 Å². The van der Waals surface area contributed by atoms with E-state index in [9.17, 15) is 13.2 Å². The van der Waals surface area contributed by atoms with Crippen LogP contribution in [0.3, 0.4) is 0 Å². The molecule has 27 heavy (non-hydrogen) atoms. The van der Waals surface area contributed by atoms with Crippen molar-refractivity contribution in [3.8, 4) is 5.75 Å². The maximum Gasteiger partial charge on any atom is 0.225 e. The van der Waals surface area contributed by atoms with Gasteiger partial charge in [0.2, 0.25) is 5.91 Å². The number of hydrogen-bond donors (Lipinski definition) is 2. The van der Waals surface area contributed by atoms with Gasteiger partial charge in [0.15, 0.2) is 14.9 Å². The van der Waals surface area contributed by atoms with E-state index in [1.54, 1.807) is 43.3 Å². The lowest BCUT2D eigenvalue weighted by molar-refractivity contribution is -0.119. The molecule has 0 aliphatic rings. The van der Waals surface area contributed by atoms with Crippen LogP contribution in [0.2, 0.25) is 0 Å². The average Bonchev–Trinajstić information content (AvgIpc) is 2.63. The van der Waals surface area contributed by atoms with Gasteiger partial charge < -0.3 is 15.4 Å². The first kappa shape index (κ1) is 20.9. The van der Waals surface area contributed by atoms with Crippen molar-refractivity contribution in [1.29, 1.82) is 0 Å². The van der Waals surface area contributed by atoms with Gasteiger partial charge in [-0.2, -0.15) is 0 Å². The SMILES string of the molecule is CCOc1ccc(CS(=O)(=O)c2ccc(NC(=S)NC(=O)CC)cc2)cc1. The summed E-state index contributed by atoms with van der Waals surface area (Å²) in [6.45, 7) is 4.17. The summed E-state index contributed by atoms with van der Waals surface area (Å²) in [6.07, 6.45) is 0.324. The Labute approximate surface area is 164 Å². The van der Waals surface area contributed by atoms with E-state index in [0.717, 1.165) is 0 Å². The van der Waals surface area contributed by atoms with E-state index in [2.05, 4.69) is 10.6 Å². The summed E-state index contributed by atoms with van der Waals surface area (Å²) in [7, 11) is -3.48. The van der Waals surface area contributed by atoms with Crippen molar-refractivity contribution < 1.29 is 17.9 Å². The number of anilines is 1. The number of carbonyl (C=O) groups excluding carboxylic acids is 1. The lowest BCUT2D eigenvalue weighted by atomic mass is 10.2. The third-order valence-corrected chi connectivity index (χ3v) is 5.54. The number of carbonyl (C=O) groups is 1. The van der Waals surface area contributed by atoms with Gasteiger partial charge >= 0.3 is 0 Å². The molecule has 0 saturated carbocycles. The summed E-state index contributed by atoms with van der Waals surface area (Å²) in [6, 6.07) is 13.2. The van der Waals surface area contributed by atoms with E-state index in [-0.39, 0.29) is 21.7 Å². The largest absolute Gasteiger partial charge is 0.494 e. The lowest BCUT2D eigenvalue weighted by Crippen LogP contribution is -2.33. The number of ether oxygens (including phenoxy) is 1. The van der Waals surface area contributed by atoms with E-state index >= 15 is 0 Å². The zero-order valence-electron chi connectivity index (χ0n) is 15.2. The zero-order chi connectivity index (χ0) is 19.9. The molecule has 0 aliphatic heterocycles. The van der Waals surface area contributed by atoms with Crippen LogP contribution in [-0.4, -0.2) is 26.0 Å². The molecule has 8 heteroatoms. The number of benzene rings is 2. The molecule has 144 valence electrons. The monoisotopic (exact) mass is 406 g/mol. The van der Waals surface area contributed by atoms with Gasteiger partial charge in [0, 0.05) is 12.1 Å². The van der Waals surface area contributed by atoms with Crippen LogP contribution in [0.4, 0.5) is 5.69 Å². The Morgan fingerprint density at radius 3 is 2.22 bits per heavy atom. The van der Waals surface area contributed by atoms with Crippen LogP contribution in [0.1, 0.15) is 25.8 Å². The Hall–Kier alpha value is -2.45. The van der Waals surface area contributed by atoms with E-state index in [4.69, 9.17) is 17.0 Å². The lowest BCUT2D eigenvalue weighted by Gasteiger charge is -2.10. The first-order valence-corrected chi connectivity index (χ1v) is 10.6.